The van der Waals surface area contributed by atoms with Gasteiger partial charge in [-0.05, 0) is 18.9 Å². The number of ether oxygens (including phenoxy) is 1. The molecule has 2 aliphatic rings. The molecule has 2 aromatic rings. The van der Waals surface area contributed by atoms with Crippen LogP contribution < -0.4 is 26.1 Å². The SMILES string of the molecule is NC1CN(c2c(F)cc3c(=O)c(C(=O)O)cn(C4CC4)c3c2OC(F)F)CCN1. The molecular formula is C18H19F3N4O4. The van der Waals surface area contributed by atoms with Gasteiger partial charge in [-0.1, -0.05) is 0 Å². The van der Waals surface area contributed by atoms with Crippen LogP contribution in [0.5, 0.6) is 5.75 Å². The van der Waals surface area contributed by atoms with E-state index in [4.69, 9.17) is 10.5 Å². The van der Waals surface area contributed by atoms with E-state index in [0.717, 1.165) is 12.3 Å². The summed E-state index contributed by atoms with van der Waals surface area (Å²) in [5, 5.41) is 12.0. The third-order valence-electron chi connectivity index (χ3n) is 5.10. The van der Waals surface area contributed by atoms with Crippen molar-refractivity contribution in [2.75, 3.05) is 24.5 Å². The maximum Gasteiger partial charge on any atom is 0.387 e. The molecule has 1 unspecified atom stereocenters. The number of piperazine rings is 1. The molecule has 0 radical (unpaired) electrons. The monoisotopic (exact) mass is 412 g/mol. The Hall–Kier alpha value is -2.79. The molecule has 8 nitrogen and oxygen atoms in total. The van der Waals surface area contributed by atoms with E-state index in [9.17, 15) is 23.5 Å². The summed E-state index contributed by atoms with van der Waals surface area (Å²) in [4.78, 5) is 25.6. The number of carbonyl (C=O) groups is 1. The number of nitrogens with two attached hydrogens (primary N) is 1. The van der Waals surface area contributed by atoms with Crippen molar-refractivity contribution in [1.82, 2.24) is 9.88 Å². The number of pyridine rings is 1. The molecule has 4 N–H and O–H groups in total. The van der Waals surface area contributed by atoms with E-state index in [0.29, 0.717) is 19.4 Å². The van der Waals surface area contributed by atoms with E-state index in [1.165, 1.54) is 9.47 Å². The van der Waals surface area contributed by atoms with E-state index in [-0.39, 0.29) is 35.7 Å². The summed E-state index contributed by atoms with van der Waals surface area (Å²) < 4.78 is 47.8. The standard InChI is InChI=1S/C18H19F3N4O4/c19-11-5-9-13(25(8-1-2-8)6-10(15(9)26)17(27)28)16(29-18(20)21)14(11)24-4-3-23-12(22)7-24/h5-6,8,12,18,23H,1-4,7,22H2,(H,27,28). The van der Waals surface area contributed by atoms with Gasteiger partial charge in [0.25, 0.3) is 0 Å². The van der Waals surface area contributed by atoms with E-state index < -0.39 is 41.3 Å². The molecule has 1 saturated carbocycles. The number of halogens is 3. The highest BCUT2D eigenvalue weighted by atomic mass is 19.3. The van der Waals surface area contributed by atoms with Gasteiger partial charge < -0.3 is 25.0 Å². The van der Waals surface area contributed by atoms with Crippen molar-refractivity contribution in [2.24, 2.45) is 5.73 Å². The summed E-state index contributed by atoms with van der Waals surface area (Å²) in [5.41, 5.74) is 4.10. The van der Waals surface area contributed by atoms with Crippen molar-refractivity contribution in [2.45, 2.75) is 31.7 Å². The number of benzene rings is 1. The van der Waals surface area contributed by atoms with Crippen LogP contribution in [0.15, 0.2) is 17.1 Å². The quantitative estimate of drug-likeness (QED) is 0.682. The van der Waals surface area contributed by atoms with Crippen LogP contribution in [0, 0.1) is 5.82 Å². The Kier molecular flexibility index (Phi) is 4.87. The van der Waals surface area contributed by atoms with Gasteiger partial charge in [0.2, 0.25) is 5.43 Å². The van der Waals surface area contributed by atoms with Gasteiger partial charge in [-0.2, -0.15) is 8.78 Å². The molecule has 11 heteroatoms. The maximum atomic E-state index is 15.1. The van der Waals surface area contributed by atoms with Gasteiger partial charge in [0, 0.05) is 31.9 Å². The summed E-state index contributed by atoms with van der Waals surface area (Å²) in [6.45, 7) is -2.43. The number of anilines is 1. The first kappa shape index (κ1) is 19.5. The Morgan fingerprint density at radius 2 is 2.10 bits per heavy atom. The Morgan fingerprint density at radius 1 is 1.38 bits per heavy atom. The molecule has 1 aliphatic carbocycles. The Morgan fingerprint density at radius 3 is 2.69 bits per heavy atom. The molecule has 0 spiro atoms. The minimum Gasteiger partial charge on any atom is -0.477 e. The second kappa shape index (κ2) is 7.23. The van der Waals surface area contributed by atoms with Crippen molar-refractivity contribution < 1.29 is 27.8 Å². The number of aromatic carboxylic acids is 1. The van der Waals surface area contributed by atoms with Crippen LogP contribution in [0.25, 0.3) is 10.9 Å². The molecule has 1 aliphatic heterocycles. The fraction of sp³-hybridized carbons (Fsp3) is 0.444. The van der Waals surface area contributed by atoms with Gasteiger partial charge in [-0.25, -0.2) is 9.18 Å². The second-order valence-corrected chi connectivity index (χ2v) is 7.13. The molecule has 1 aromatic heterocycles. The van der Waals surface area contributed by atoms with Gasteiger partial charge in [0.15, 0.2) is 11.6 Å². The van der Waals surface area contributed by atoms with Crippen molar-refractivity contribution in [1.29, 1.82) is 0 Å². The minimum absolute atomic E-state index is 0.0358. The van der Waals surface area contributed by atoms with E-state index in [1.807, 2.05) is 0 Å². The normalized spacial score (nSPS) is 19.8. The molecule has 156 valence electrons. The summed E-state index contributed by atoms with van der Waals surface area (Å²) in [7, 11) is 0. The number of nitrogens with one attached hydrogen (secondary N) is 1. The second-order valence-electron chi connectivity index (χ2n) is 7.13. The zero-order valence-corrected chi connectivity index (χ0v) is 15.2. The van der Waals surface area contributed by atoms with Crippen LogP contribution in [0.3, 0.4) is 0 Å². The van der Waals surface area contributed by atoms with Gasteiger partial charge in [-0.3, -0.25) is 10.1 Å². The van der Waals surface area contributed by atoms with Crippen molar-refractivity contribution >= 4 is 22.6 Å². The summed E-state index contributed by atoms with van der Waals surface area (Å²) in [5.74, 6) is -2.91. The predicted octanol–water partition coefficient (Wildman–Crippen LogP) is 1.47. The highest BCUT2D eigenvalue weighted by Crippen LogP contribution is 2.44. The number of carboxylic acid groups (broad SMARTS) is 1. The fourth-order valence-corrected chi connectivity index (χ4v) is 3.71. The van der Waals surface area contributed by atoms with E-state index >= 15 is 4.39 Å². The molecule has 1 atom stereocenters. The van der Waals surface area contributed by atoms with E-state index in [2.05, 4.69) is 5.32 Å². The van der Waals surface area contributed by atoms with Crippen LogP contribution >= 0.6 is 0 Å². The molecule has 4 rings (SSSR count). The Labute approximate surface area is 162 Å². The Bertz CT molecular complexity index is 1040. The third kappa shape index (κ3) is 3.51. The lowest BCUT2D eigenvalue weighted by Gasteiger charge is -2.35. The molecule has 1 aromatic carbocycles. The summed E-state index contributed by atoms with van der Waals surface area (Å²) in [6.07, 6.45) is 1.97. The topological polar surface area (TPSA) is 110 Å². The summed E-state index contributed by atoms with van der Waals surface area (Å²) >= 11 is 0. The molecule has 2 heterocycles. The lowest BCUT2D eigenvalue weighted by atomic mass is 10.1. The lowest BCUT2D eigenvalue weighted by Crippen LogP contribution is -2.55. The number of nitrogens with zero attached hydrogens (tertiary/aromatic N) is 2. The van der Waals surface area contributed by atoms with Crippen molar-refractivity contribution in [3.63, 3.8) is 0 Å². The summed E-state index contributed by atoms with van der Waals surface area (Å²) in [6, 6.07) is 0.712. The lowest BCUT2D eigenvalue weighted by molar-refractivity contribution is -0.0488. The molecule has 2 fully saturated rings. The van der Waals surface area contributed by atoms with Gasteiger partial charge in [0.1, 0.15) is 11.3 Å². The molecule has 29 heavy (non-hydrogen) atoms. The number of hydrogen-bond donors (Lipinski definition) is 3. The van der Waals surface area contributed by atoms with Gasteiger partial charge in [0.05, 0.1) is 17.1 Å². The molecule has 1 saturated heterocycles. The van der Waals surface area contributed by atoms with Crippen molar-refractivity contribution in [3.8, 4) is 5.75 Å². The zero-order valence-electron chi connectivity index (χ0n) is 15.2. The van der Waals surface area contributed by atoms with Crippen molar-refractivity contribution in [3.05, 3.63) is 33.9 Å². The average molecular weight is 412 g/mol. The van der Waals surface area contributed by atoms with Crippen LogP contribution in [0.1, 0.15) is 29.2 Å². The third-order valence-corrected chi connectivity index (χ3v) is 5.10. The number of carboxylic acids is 1. The smallest absolute Gasteiger partial charge is 0.387 e. The van der Waals surface area contributed by atoms with Gasteiger partial charge in [-0.15, -0.1) is 0 Å². The largest absolute Gasteiger partial charge is 0.477 e. The van der Waals surface area contributed by atoms with Gasteiger partial charge >= 0.3 is 12.6 Å². The zero-order chi connectivity index (χ0) is 20.9. The first-order chi connectivity index (χ1) is 13.8. The first-order valence-corrected chi connectivity index (χ1v) is 9.11. The van der Waals surface area contributed by atoms with Crippen LogP contribution in [-0.2, 0) is 0 Å². The Balaban J connectivity index is 2.05. The number of alkyl halides is 2. The van der Waals surface area contributed by atoms with E-state index in [1.54, 1.807) is 0 Å². The van der Waals surface area contributed by atoms with Crippen LogP contribution in [0.4, 0.5) is 18.9 Å². The predicted molar refractivity (Wildman–Crippen MR) is 98.2 cm³/mol. The highest BCUT2D eigenvalue weighted by Gasteiger charge is 2.33. The number of aromatic nitrogens is 1. The van der Waals surface area contributed by atoms with Crippen LogP contribution in [-0.4, -0.2) is 48.1 Å². The highest BCUT2D eigenvalue weighted by molar-refractivity contribution is 5.97. The molecule has 0 amide bonds. The maximum absolute atomic E-state index is 15.1. The average Bonchev–Trinajstić information content (AvgIpc) is 3.47. The number of rotatable bonds is 5. The minimum atomic E-state index is -3.27. The number of hydrogen-bond acceptors (Lipinski definition) is 6. The molecular weight excluding hydrogens is 393 g/mol. The fourth-order valence-electron chi connectivity index (χ4n) is 3.71. The van der Waals surface area contributed by atoms with Crippen LogP contribution in [0.2, 0.25) is 0 Å². The first-order valence-electron chi connectivity index (χ1n) is 9.11. The number of fused-ring (bicyclic) bond motifs is 1. The molecule has 0 bridgehead atoms.